The predicted octanol–water partition coefficient (Wildman–Crippen LogP) is 6.53. The van der Waals surface area contributed by atoms with Crippen LogP contribution in [0.15, 0.2) is 76.8 Å². The number of amides is 1. The van der Waals surface area contributed by atoms with E-state index in [-0.39, 0.29) is 5.57 Å². The second kappa shape index (κ2) is 11.9. The van der Waals surface area contributed by atoms with E-state index in [1.165, 1.54) is 0 Å². The minimum Gasteiger partial charge on any atom is -0.490 e. The Morgan fingerprint density at radius 3 is 2.42 bits per heavy atom. The Labute approximate surface area is 202 Å². The van der Waals surface area contributed by atoms with Gasteiger partial charge in [-0.1, -0.05) is 65.3 Å². The average molecular weight is 505 g/mol. The first-order chi connectivity index (χ1) is 16.0. The third kappa shape index (κ3) is 6.47. The minimum absolute atomic E-state index is 0.00485. The van der Waals surface area contributed by atoms with E-state index >= 15 is 0 Å². The van der Waals surface area contributed by atoms with Crippen LogP contribution in [-0.4, -0.2) is 12.5 Å². The molecule has 3 rings (SSSR count). The molecule has 0 bridgehead atoms. The fourth-order valence-electron chi connectivity index (χ4n) is 3.23. The number of hydrogen-bond acceptors (Lipinski definition) is 4. The van der Waals surface area contributed by atoms with Crippen molar-refractivity contribution in [3.05, 3.63) is 93.5 Å². The molecule has 0 spiro atoms. The van der Waals surface area contributed by atoms with Crippen LogP contribution in [0.25, 0.3) is 6.08 Å². The van der Waals surface area contributed by atoms with Gasteiger partial charge < -0.3 is 14.8 Å². The topological polar surface area (TPSA) is 71.3 Å². The molecule has 0 unspecified atom stereocenters. The van der Waals surface area contributed by atoms with E-state index in [1.807, 2.05) is 68.4 Å². The zero-order valence-corrected chi connectivity index (χ0v) is 20.2. The third-order valence-corrected chi connectivity index (χ3v) is 5.70. The molecular weight excluding hydrogens is 480 g/mol. The van der Waals surface area contributed by atoms with Gasteiger partial charge in [0.1, 0.15) is 18.2 Å². The van der Waals surface area contributed by atoms with Crippen LogP contribution in [0, 0.1) is 11.3 Å². The van der Waals surface area contributed by atoms with Crippen molar-refractivity contribution >= 4 is 33.6 Å². The van der Waals surface area contributed by atoms with Gasteiger partial charge in [-0.2, -0.15) is 5.26 Å². The molecule has 0 radical (unpaired) electrons. The van der Waals surface area contributed by atoms with E-state index in [1.54, 1.807) is 24.3 Å². The summed E-state index contributed by atoms with van der Waals surface area (Å²) >= 11 is 3.52. The van der Waals surface area contributed by atoms with Crippen LogP contribution in [0.1, 0.15) is 30.5 Å². The minimum atomic E-state index is -0.453. The Hall–Kier alpha value is -3.56. The number of anilines is 1. The van der Waals surface area contributed by atoms with Crippen LogP contribution >= 0.6 is 15.9 Å². The quantitative estimate of drug-likeness (QED) is 0.265. The van der Waals surface area contributed by atoms with E-state index in [2.05, 4.69) is 21.2 Å². The summed E-state index contributed by atoms with van der Waals surface area (Å²) in [4.78, 5) is 12.7. The number of nitriles is 1. The molecule has 0 saturated heterocycles. The van der Waals surface area contributed by atoms with Gasteiger partial charge in [-0.05, 0) is 54.8 Å². The van der Waals surface area contributed by atoms with Crippen molar-refractivity contribution in [2.45, 2.75) is 26.9 Å². The van der Waals surface area contributed by atoms with E-state index in [0.29, 0.717) is 36.0 Å². The number of hydrogen-bond donors (Lipinski definition) is 1. The van der Waals surface area contributed by atoms with Gasteiger partial charge in [0.05, 0.1) is 6.61 Å². The van der Waals surface area contributed by atoms with Crippen LogP contribution in [-0.2, 0) is 17.8 Å². The molecule has 5 nitrogen and oxygen atoms in total. The molecule has 0 atom stereocenters. The van der Waals surface area contributed by atoms with Gasteiger partial charge in [0.25, 0.3) is 5.91 Å². The van der Waals surface area contributed by atoms with Crippen molar-refractivity contribution in [2.75, 3.05) is 11.9 Å². The van der Waals surface area contributed by atoms with Crippen LogP contribution in [0.5, 0.6) is 11.5 Å². The first kappa shape index (κ1) is 24.1. The zero-order chi connectivity index (χ0) is 23.6. The van der Waals surface area contributed by atoms with Crippen molar-refractivity contribution in [2.24, 2.45) is 0 Å². The molecule has 33 heavy (non-hydrogen) atoms. The number of carbonyl (C=O) groups is 1. The Morgan fingerprint density at radius 1 is 1.00 bits per heavy atom. The van der Waals surface area contributed by atoms with Crippen LogP contribution in [0.4, 0.5) is 5.69 Å². The van der Waals surface area contributed by atoms with Gasteiger partial charge in [0.2, 0.25) is 0 Å². The maximum Gasteiger partial charge on any atom is 0.266 e. The molecule has 3 aromatic carbocycles. The molecule has 0 aliphatic carbocycles. The highest BCUT2D eigenvalue weighted by Gasteiger charge is 2.13. The summed E-state index contributed by atoms with van der Waals surface area (Å²) in [5, 5.41) is 12.4. The fraction of sp³-hybridized carbons (Fsp3) is 0.185. The lowest BCUT2D eigenvalue weighted by Crippen LogP contribution is -2.14. The smallest absolute Gasteiger partial charge is 0.266 e. The SMILES string of the molecule is CCOc1cc(/C=C(\C#N)C(=O)Nc2ccccc2CC)ccc1OCc1ccccc1Br. The summed E-state index contributed by atoms with van der Waals surface area (Å²) in [5.74, 6) is 0.683. The zero-order valence-electron chi connectivity index (χ0n) is 18.6. The van der Waals surface area contributed by atoms with Crippen LogP contribution in [0.2, 0.25) is 0 Å². The molecule has 0 aliphatic rings. The largest absolute Gasteiger partial charge is 0.490 e. The Kier molecular flexibility index (Phi) is 8.68. The first-order valence-corrected chi connectivity index (χ1v) is 11.5. The normalized spacial score (nSPS) is 10.9. The van der Waals surface area contributed by atoms with Gasteiger partial charge in [-0.3, -0.25) is 4.79 Å². The number of benzene rings is 3. The molecule has 1 amide bonds. The molecule has 0 aromatic heterocycles. The summed E-state index contributed by atoms with van der Waals surface area (Å²) in [6.07, 6.45) is 2.32. The maximum absolute atomic E-state index is 12.7. The van der Waals surface area contributed by atoms with Crippen molar-refractivity contribution in [1.82, 2.24) is 0 Å². The highest BCUT2D eigenvalue weighted by atomic mass is 79.9. The second-order valence-corrected chi connectivity index (χ2v) is 8.01. The van der Waals surface area contributed by atoms with E-state index in [4.69, 9.17) is 9.47 Å². The van der Waals surface area contributed by atoms with E-state index in [9.17, 15) is 10.1 Å². The average Bonchev–Trinajstić information content (AvgIpc) is 2.83. The number of para-hydroxylation sites is 1. The Morgan fingerprint density at radius 2 is 1.73 bits per heavy atom. The Bertz CT molecular complexity index is 1200. The van der Waals surface area contributed by atoms with E-state index < -0.39 is 5.91 Å². The fourth-order valence-corrected chi connectivity index (χ4v) is 3.63. The molecular formula is C27H25BrN2O3. The molecule has 0 aliphatic heterocycles. The van der Waals surface area contributed by atoms with Gasteiger partial charge in [-0.15, -0.1) is 0 Å². The molecule has 3 aromatic rings. The monoisotopic (exact) mass is 504 g/mol. The van der Waals surface area contributed by atoms with Crippen molar-refractivity contribution in [1.29, 1.82) is 5.26 Å². The number of rotatable bonds is 9. The third-order valence-electron chi connectivity index (χ3n) is 4.93. The number of nitrogens with zero attached hydrogens (tertiary/aromatic N) is 1. The summed E-state index contributed by atoms with van der Waals surface area (Å²) in [6.45, 7) is 4.73. The lowest BCUT2D eigenvalue weighted by Gasteiger charge is -2.13. The number of aryl methyl sites for hydroxylation is 1. The van der Waals surface area contributed by atoms with Crippen molar-refractivity contribution in [3.8, 4) is 17.6 Å². The van der Waals surface area contributed by atoms with Gasteiger partial charge in [0.15, 0.2) is 11.5 Å². The van der Waals surface area contributed by atoms with Gasteiger partial charge >= 0.3 is 0 Å². The number of ether oxygens (including phenoxy) is 2. The summed E-state index contributed by atoms with van der Waals surface area (Å²) in [6, 6.07) is 22.7. The number of nitrogens with one attached hydrogen (secondary N) is 1. The van der Waals surface area contributed by atoms with Gasteiger partial charge in [0, 0.05) is 15.7 Å². The molecule has 0 heterocycles. The van der Waals surface area contributed by atoms with Gasteiger partial charge in [-0.25, -0.2) is 0 Å². The molecule has 6 heteroatoms. The summed E-state index contributed by atoms with van der Waals surface area (Å²) in [7, 11) is 0. The Balaban J connectivity index is 1.80. The second-order valence-electron chi connectivity index (χ2n) is 7.15. The summed E-state index contributed by atoms with van der Waals surface area (Å²) < 4.78 is 12.7. The molecule has 0 fully saturated rings. The highest BCUT2D eigenvalue weighted by molar-refractivity contribution is 9.10. The lowest BCUT2D eigenvalue weighted by atomic mass is 10.1. The van der Waals surface area contributed by atoms with Crippen molar-refractivity contribution in [3.63, 3.8) is 0 Å². The number of carbonyl (C=O) groups excluding carboxylic acids is 1. The maximum atomic E-state index is 12.7. The van der Waals surface area contributed by atoms with Crippen molar-refractivity contribution < 1.29 is 14.3 Å². The lowest BCUT2D eigenvalue weighted by molar-refractivity contribution is -0.112. The predicted molar refractivity (Wildman–Crippen MR) is 134 cm³/mol. The van der Waals surface area contributed by atoms with Crippen LogP contribution in [0.3, 0.4) is 0 Å². The molecule has 168 valence electrons. The highest BCUT2D eigenvalue weighted by Crippen LogP contribution is 2.31. The molecule has 1 N–H and O–H groups in total. The molecule has 0 saturated carbocycles. The first-order valence-electron chi connectivity index (χ1n) is 10.7. The van der Waals surface area contributed by atoms with E-state index in [0.717, 1.165) is 22.0 Å². The standard InChI is InChI=1S/C27H25BrN2O3/c1-3-20-9-6-8-12-24(20)30-27(31)22(17-29)15-19-13-14-25(26(16-19)32-4-2)33-18-21-10-5-7-11-23(21)28/h5-16H,3-4,18H2,1-2H3,(H,30,31)/b22-15+. The summed E-state index contributed by atoms with van der Waals surface area (Å²) in [5.41, 5.74) is 3.40. The number of halogens is 1. The van der Waals surface area contributed by atoms with Crippen LogP contribution < -0.4 is 14.8 Å².